The number of carboxylic acids is 1. The van der Waals surface area contributed by atoms with Crippen LogP contribution in [0.3, 0.4) is 0 Å². The zero-order chi connectivity index (χ0) is 9.97. The lowest BCUT2D eigenvalue weighted by Crippen LogP contribution is -2.10. The number of hydrogen-bond acceptors (Lipinski definition) is 3. The van der Waals surface area contributed by atoms with Crippen LogP contribution in [-0.4, -0.2) is 27.9 Å². The molecule has 0 saturated heterocycles. The number of H-pyrrole nitrogens is 1. The molecule has 5 heteroatoms. The molecule has 1 aromatic heterocycles. The molecule has 2 heterocycles. The van der Waals surface area contributed by atoms with E-state index in [0.717, 1.165) is 23.4 Å². The summed E-state index contributed by atoms with van der Waals surface area (Å²) in [5.41, 5.74) is 2.98. The number of aliphatic carboxylic acids is 1. The van der Waals surface area contributed by atoms with Gasteiger partial charge in [0.05, 0.1) is 25.3 Å². The highest BCUT2D eigenvalue weighted by atomic mass is 16.5. The van der Waals surface area contributed by atoms with Gasteiger partial charge in [-0.15, -0.1) is 0 Å². The molecule has 76 valence electrons. The zero-order valence-electron chi connectivity index (χ0n) is 7.75. The third-order valence-electron chi connectivity index (χ3n) is 2.36. The number of aromatic amines is 1. The highest BCUT2D eigenvalue weighted by Crippen LogP contribution is 2.18. The monoisotopic (exact) mass is 196 g/mol. The molecule has 2 rings (SSSR count). The third kappa shape index (κ3) is 1.77. The second-order valence-electron chi connectivity index (χ2n) is 3.32. The van der Waals surface area contributed by atoms with Gasteiger partial charge in [-0.3, -0.25) is 9.89 Å². The van der Waals surface area contributed by atoms with Crippen molar-refractivity contribution in [3.63, 3.8) is 0 Å². The molecular weight excluding hydrogens is 184 g/mol. The van der Waals surface area contributed by atoms with Crippen molar-refractivity contribution in [2.24, 2.45) is 0 Å². The minimum Gasteiger partial charge on any atom is -0.481 e. The summed E-state index contributed by atoms with van der Waals surface area (Å²) < 4.78 is 5.29. The molecule has 0 atom stereocenters. The Balaban J connectivity index is 2.10. The van der Waals surface area contributed by atoms with Crippen LogP contribution in [0.25, 0.3) is 0 Å². The molecule has 2 N–H and O–H groups in total. The summed E-state index contributed by atoms with van der Waals surface area (Å²) in [6, 6.07) is 0. The maximum Gasteiger partial charge on any atom is 0.303 e. The minimum atomic E-state index is -0.787. The van der Waals surface area contributed by atoms with Crippen LogP contribution in [0.5, 0.6) is 0 Å². The molecule has 1 aliphatic rings. The Hall–Kier alpha value is -1.36. The fraction of sp³-hybridized carbons (Fsp3) is 0.556. The van der Waals surface area contributed by atoms with E-state index in [4.69, 9.17) is 9.84 Å². The quantitative estimate of drug-likeness (QED) is 0.738. The van der Waals surface area contributed by atoms with E-state index in [1.165, 1.54) is 0 Å². The van der Waals surface area contributed by atoms with Crippen LogP contribution in [0.2, 0.25) is 0 Å². The molecule has 0 unspecified atom stereocenters. The maximum absolute atomic E-state index is 10.4. The lowest BCUT2D eigenvalue weighted by Gasteiger charge is -2.11. The number of ether oxygens (including phenoxy) is 1. The van der Waals surface area contributed by atoms with Crippen molar-refractivity contribution in [1.82, 2.24) is 10.2 Å². The fourth-order valence-electron chi connectivity index (χ4n) is 1.60. The average Bonchev–Trinajstić information content (AvgIpc) is 2.58. The normalized spacial score (nSPS) is 15.1. The maximum atomic E-state index is 10.4. The summed E-state index contributed by atoms with van der Waals surface area (Å²) in [5, 5.41) is 15.6. The number of fused-ring (bicyclic) bond motifs is 1. The van der Waals surface area contributed by atoms with Crippen molar-refractivity contribution < 1.29 is 14.6 Å². The second kappa shape index (κ2) is 3.79. The Morgan fingerprint density at radius 3 is 3.29 bits per heavy atom. The fourth-order valence-corrected chi connectivity index (χ4v) is 1.60. The number of aromatic nitrogens is 2. The van der Waals surface area contributed by atoms with Gasteiger partial charge in [-0.25, -0.2) is 0 Å². The minimum absolute atomic E-state index is 0.134. The number of carboxylic acid groups (broad SMARTS) is 1. The zero-order valence-corrected chi connectivity index (χ0v) is 7.75. The first-order chi connectivity index (χ1) is 6.77. The SMILES string of the molecule is O=C(O)CCc1[nH]nc2c1COCC2. The van der Waals surface area contributed by atoms with Crippen molar-refractivity contribution in [3.8, 4) is 0 Å². The molecule has 0 fully saturated rings. The number of carbonyl (C=O) groups is 1. The number of hydrogen-bond donors (Lipinski definition) is 2. The predicted molar refractivity (Wildman–Crippen MR) is 47.9 cm³/mol. The Kier molecular flexibility index (Phi) is 2.49. The van der Waals surface area contributed by atoms with Crippen LogP contribution >= 0.6 is 0 Å². The van der Waals surface area contributed by atoms with E-state index in [-0.39, 0.29) is 6.42 Å². The molecule has 0 saturated carbocycles. The highest BCUT2D eigenvalue weighted by molar-refractivity contribution is 5.67. The molecule has 0 amide bonds. The molecule has 14 heavy (non-hydrogen) atoms. The predicted octanol–water partition coefficient (Wildman–Crippen LogP) is 0.500. The molecule has 0 aromatic carbocycles. The van der Waals surface area contributed by atoms with Gasteiger partial charge in [-0.05, 0) is 6.42 Å². The Bertz CT molecular complexity index is 346. The van der Waals surface area contributed by atoms with Crippen molar-refractivity contribution in [2.75, 3.05) is 6.61 Å². The van der Waals surface area contributed by atoms with Crippen LogP contribution in [-0.2, 0) is 29.0 Å². The number of nitrogens with one attached hydrogen (secondary N) is 1. The number of nitrogens with zero attached hydrogens (tertiary/aromatic N) is 1. The summed E-state index contributed by atoms with van der Waals surface area (Å²) in [7, 11) is 0. The Morgan fingerprint density at radius 1 is 1.64 bits per heavy atom. The lowest BCUT2D eigenvalue weighted by atomic mass is 10.1. The van der Waals surface area contributed by atoms with Crippen molar-refractivity contribution in [2.45, 2.75) is 25.9 Å². The van der Waals surface area contributed by atoms with Crippen LogP contribution in [0.1, 0.15) is 23.4 Å². The summed E-state index contributed by atoms with van der Waals surface area (Å²) in [5.74, 6) is -0.787. The van der Waals surface area contributed by atoms with Crippen LogP contribution in [0.15, 0.2) is 0 Å². The lowest BCUT2D eigenvalue weighted by molar-refractivity contribution is -0.136. The molecule has 0 spiro atoms. The van der Waals surface area contributed by atoms with E-state index in [1.807, 2.05) is 0 Å². The van der Waals surface area contributed by atoms with Gasteiger partial charge in [0, 0.05) is 17.7 Å². The summed E-state index contributed by atoms with van der Waals surface area (Å²) >= 11 is 0. The van der Waals surface area contributed by atoms with Gasteiger partial charge in [-0.1, -0.05) is 0 Å². The third-order valence-corrected chi connectivity index (χ3v) is 2.36. The van der Waals surface area contributed by atoms with E-state index >= 15 is 0 Å². The van der Waals surface area contributed by atoms with Gasteiger partial charge in [0.2, 0.25) is 0 Å². The van der Waals surface area contributed by atoms with E-state index in [1.54, 1.807) is 0 Å². The van der Waals surface area contributed by atoms with Crippen molar-refractivity contribution >= 4 is 5.97 Å². The first kappa shape index (κ1) is 9.21. The topological polar surface area (TPSA) is 75.2 Å². The van der Waals surface area contributed by atoms with E-state index in [9.17, 15) is 4.79 Å². The van der Waals surface area contributed by atoms with Gasteiger partial charge < -0.3 is 9.84 Å². The van der Waals surface area contributed by atoms with Crippen molar-refractivity contribution in [1.29, 1.82) is 0 Å². The summed E-state index contributed by atoms with van der Waals surface area (Å²) in [4.78, 5) is 10.4. The second-order valence-corrected chi connectivity index (χ2v) is 3.32. The van der Waals surface area contributed by atoms with Gasteiger partial charge in [0.15, 0.2) is 0 Å². The first-order valence-corrected chi connectivity index (χ1v) is 4.62. The smallest absolute Gasteiger partial charge is 0.303 e. The standard InChI is InChI=1S/C9H12N2O3/c12-9(13)2-1-7-6-5-14-4-3-8(6)11-10-7/h1-5H2,(H,10,11)(H,12,13). The average molecular weight is 196 g/mol. The molecule has 5 nitrogen and oxygen atoms in total. The summed E-state index contributed by atoms with van der Waals surface area (Å²) in [6.07, 6.45) is 1.45. The van der Waals surface area contributed by atoms with Gasteiger partial charge >= 0.3 is 5.97 Å². The van der Waals surface area contributed by atoms with Gasteiger partial charge in [0.25, 0.3) is 0 Å². The molecule has 1 aromatic rings. The molecule has 0 aliphatic carbocycles. The highest BCUT2D eigenvalue weighted by Gasteiger charge is 2.17. The number of aryl methyl sites for hydroxylation is 1. The Morgan fingerprint density at radius 2 is 2.50 bits per heavy atom. The summed E-state index contributed by atoms with van der Waals surface area (Å²) in [6.45, 7) is 1.26. The largest absolute Gasteiger partial charge is 0.481 e. The van der Waals surface area contributed by atoms with Crippen LogP contribution in [0.4, 0.5) is 0 Å². The Labute approximate surface area is 81.1 Å². The molecule has 0 radical (unpaired) electrons. The molecular formula is C9H12N2O3. The molecule has 1 aliphatic heterocycles. The van der Waals surface area contributed by atoms with Gasteiger partial charge in [-0.2, -0.15) is 5.10 Å². The first-order valence-electron chi connectivity index (χ1n) is 4.62. The van der Waals surface area contributed by atoms with Crippen LogP contribution in [0, 0.1) is 0 Å². The van der Waals surface area contributed by atoms with E-state index in [2.05, 4.69) is 10.2 Å². The van der Waals surface area contributed by atoms with E-state index in [0.29, 0.717) is 19.6 Å². The van der Waals surface area contributed by atoms with E-state index < -0.39 is 5.97 Å². The van der Waals surface area contributed by atoms with Crippen LogP contribution < -0.4 is 0 Å². The van der Waals surface area contributed by atoms with Crippen molar-refractivity contribution in [3.05, 3.63) is 17.0 Å². The van der Waals surface area contributed by atoms with Gasteiger partial charge in [0.1, 0.15) is 0 Å². The molecule has 0 bridgehead atoms. The number of rotatable bonds is 3.